The molecule has 2 heterocycles. The fraction of sp³-hybridized carbons (Fsp3) is 0.385. The lowest BCUT2D eigenvalue weighted by atomic mass is 10.0. The SMILES string of the molecule is Cc1cc(-c2noc(C3(N)CCOC3)n2)ccc1F. The number of rotatable bonds is 2. The van der Waals surface area contributed by atoms with Gasteiger partial charge in [-0.15, -0.1) is 0 Å². The highest BCUT2D eigenvalue weighted by Crippen LogP contribution is 2.28. The molecular formula is C13H14FN3O2. The van der Waals surface area contributed by atoms with E-state index in [-0.39, 0.29) is 5.82 Å². The molecule has 1 unspecified atom stereocenters. The van der Waals surface area contributed by atoms with E-state index in [0.29, 0.717) is 42.5 Å². The van der Waals surface area contributed by atoms with Crippen molar-refractivity contribution in [3.05, 3.63) is 35.5 Å². The van der Waals surface area contributed by atoms with Crippen molar-refractivity contribution in [1.82, 2.24) is 10.1 Å². The Labute approximate surface area is 109 Å². The third-order valence-corrected chi connectivity index (χ3v) is 3.32. The Morgan fingerprint density at radius 1 is 1.42 bits per heavy atom. The zero-order chi connectivity index (χ0) is 13.5. The maximum atomic E-state index is 13.2. The van der Waals surface area contributed by atoms with Crippen LogP contribution in [0.4, 0.5) is 4.39 Å². The molecule has 0 spiro atoms. The average molecular weight is 263 g/mol. The quantitative estimate of drug-likeness (QED) is 0.893. The fourth-order valence-corrected chi connectivity index (χ4v) is 2.08. The second kappa shape index (κ2) is 4.40. The van der Waals surface area contributed by atoms with Crippen LogP contribution < -0.4 is 5.73 Å². The van der Waals surface area contributed by atoms with E-state index in [1.54, 1.807) is 19.1 Å². The maximum absolute atomic E-state index is 13.2. The summed E-state index contributed by atoms with van der Waals surface area (Å²) in [4.78, 5) is 4.30. The highest BCUT2D eigenvalue weighted by Gasteiger charge is 2.38. The number of benzene rings is 1. The molecule has 6 heteroatoms. The van der Waals surface area contributed by atoms with Gasteiger partial charge in [0.1, 0.15) is 11.4 Å². The van der Waals surface area contributed by atoms with E-state index >= 15 is 0 Å². The molecule has 1 aliphatic heterocycles. The topological polar surface area (TPSA) is 74.2 Å². The van der Waals surface area contributed by atoms with Gasteiger partial charge < -0.3 is 15.0 Å². The molecule has 100 valence electrons. The molecule has 0 amide bonds. The number of nitrogens with zero attached hydrogens (tertiary/aromatic N) is 2. The molecule has 1 aromatic heterocycles. The van der Waals surface area contributed by atoms with Crippen LogP contribution >= 0.6 is 0 Å². The minimum absolute atomic E-state index is 0.257. The van der Waals surface area contributed by atoms with Gasteiger partial charge in [-0.1, -0.05) is 5.16 Å². The summed E-state index contributed by atoms with van der Waals surface area (Å²) in [6, 6.07) is 4.68. The van der Waals surface area contributed by atoms with Gasteiger partial charge in [0.2, 0.25) is 11.7 Å². The third kappa shape index (κ3) is 2.13. The molecule has 1 atom stereocenters. The predicted molar refractivity (Wildman–Crippen MR) is 65.7 cm³/mol. The first-order chi connectivity index (χ1) is 9.08. The summed E-state index contributed by atoms with van der Waals surface area (Å²) in [6.45, 7) is 2.65. The molecule has 19 heavy (non-hydrogen) atoms. The molecular weight excluding hydrogens is 249 g/mol. The highest BCUT2D eigenvalue weighted by molar-refractivity contribution is 5.55. The maximum Gasteiger partial charge on any atom is 0.249 e. The molecule has 2 aromatic rings. The van der Waals surface area contributed by atoms with Crippen molar-refractivity contribution in [3.8, 4) is 11.4 Å². The van der Waals surface area contributed by atoms with E-state index in [0.717, 1.165) is 0 Å². The van der Waals surface area contributed by atoms with Crippen LogP contribution in [0.2, 0.25) is 0 Å². The third-order valence-electron chi connectivity index (χ3n) is 3.32. The largest absolute Gasteiger partial charge is 0.379 e. The summed E-state index contributed by atoms with van der Waals surface area (Å²) in [7, 11) is 0. The summed E-state index contributed by atoms with van der Waals surface area (Å²) in [5.41, 5.74) is 6.68. The molecule has 3 rings (SSSR count). The molecule has 2 N–H and O–H groups in total. The smallest absolute Gasteiger partial charge is 0.249 e. The van der Waals surface area contributed by atoms with E-state index in [1.807, 2.05) is 0 Å². The monoisotopic (exact) mass is 263 g/mol. The molecule has 1 aliphatic rings. The lowest BCUT2D eigenvalue weighted by Crippen LogP contribution is -2.37. The summed E-state index contributed by atoms with van der Waals surface area (Å²) >= 11 is 0. The Kier molecular flexibility index (Phi) is 2.83. The number of halogens is 1. The zero-order valence-corrected chi connectivity index (χ0v) is 10.5. The lowest BCUT2D eigenvalue weighted by molar-refractivity contribution is 0.166. The first-order valence-electron chi connectivity index (χ1n) is 6.06. The Morgan fingerprint density at radius 2 is 2.26 bits per heavy atom. The van der Waals surface area contributed by atoms with Gasteiger partial charge >= 0.3 is 0 Å². The minimum Gasteiger partial charge on any atom is -0.379 e. The molecule has 0 bridgehead atoms. The van der Waals surface area contributed by atoms with Crippen LogP contribution in [0.5, 0.6) is 0 Å². The van der Waals surface area contributed by atoms with E-state index in [1.165, 1.54) is 6.07 Å². The van der Waals surface area contributed by atoms with Crippen LogP contribution in [0.15, 0.2) is 22.7 Å². The van der Waals surface area contributed by atoms with Crippen LogP contribution in [0.25, 0.3) is 11.4 Å². The van der Waals surface area contributed by atoms with Crippen molar-refractivity contribution in [2.24, 2.45) is 5.73 Å². The van der Waals surface area contributed by atoms with Crippen molar-refractivity contribution in [1.29, 1.82) is 0 Å². The van der Waals surface area contributed by atoms with Crippen molar-refractivity contribution in [2.45, 2.75) is 18.9 Å². The molecule has 0 aliphatic carbocycles. The van der Waals surface area contributed by atoms with Crippen molar-refractivity contribution >= 4 is 0 Å². The minimum atomic E-state index is -0.708. The molecule has 0 radical (unpaired) electrons. The number of ether oxygens (including phenoxy) is 1. The summed E-state index contributed by atoms with van der Waals surface area (Å²) < 4.78 is 23.7. The summed E-state index contributed by atoms with van der Waals surface area (Å²) in [5, 5.41) is 3.90. The first-order valence-corrected chi connectivity index (χ1v) is 6.06. The normalized spacial score (nSPS) is 22.9. The Balaban J connectivity index is 1.94. The zero-order valence-electron chi connectivity index (χ0n) is 10.5. The van der Waals surface area contributed by atoms with Gasteiger partial charge in [0, 0.05) is 12.2 Å². The van der Waals surface area contributed by atoms with Crippen molar-refractivity contribution in [2.75, 3.05) is 13.2 Å². The average Bonchev–Trinajstić information content (AvgIpc) is 3.02. The van der Waals surface area contributed by atoms with Gasteiger partial charge in [-0.25, -0.2) is 4.39 Å². The number of hydrogen-bond donors (Lipinski definition) is 1. The molecule has 0 saturated carbocycles. The molecule has 1 fully saturated rings. The molecule has 1 saturated heterocycles. The first kappa shape index (κ1) is 12.3. The lowest BCUT2D eigenvalue weighted by Gasteiger charge is -2.14. The van der Waals surface area contributed by atoms with Gasteiger partial charge in [-0.2, -0.15) is 4.98 Å². The van der Waals surface area contributed by atoms with E-state index in [9.17, 15) is 4.39 Å². The van der Waals surface area contributed by atoms with Gasteiger partial charge in [-0.05, 0) is 37.1 Å². The van der Waals surface area contributed by atoms with Crippen LogP contribution in [0.1, 0.15) is 17.9 Å². The number of aromatic nitrogens is 2. The van der Waals surface area contributed by atoms with Crippen LogP contribution in [-0.4, -0.2) is 23.4 Å². The van der Waals surface area contributed by atoms with E-state index < -0.39 is 5.54 Å². The van der Waals surface area contributed by atoms with Crippen LogP contribution in [0.3, 0.4) is 0 Å². The van der Waals surface area contributed by atoms with Crippen LogP contribution in [-0.2, 0) is 10.3 Å². The van der Waals surface area contributed by atoms with E-state index in [4.69, 9.17) is 15.0 Å². The molecule has 5 nitrogen and oxygen atoms in total. The Bertz CT molecular complexity index is 606. The van der Waals surface area contributed by atoms with Crippen LogP contribution in [0, 0.1) is 12.7 Å². The van der Waals surface area contributed by atoms with Gasteiger partial charge in [0.05, 0.1) is 6.61 Å². The van der Waals surface area contributed by atoms with Gasteiger partial charge in [0.25, 0.3) is 0 Å². The van der Waals surface area contributed by atoms with E-state index in [2.05, 4.69) is 10.1 Å². The second-order valence-electron chi connectivity index (χ2n) is 4.85. The van der Waals surface area contributed by atoms with Crippen molar-refractivity contribution in [3.63, 3.8) is 0 Å². The summed E-state index contributed by atoms with van der Waals surface area (Å²) in [5.74, 6) is 0.517. The Hall–Kier alpha value is -1.79. The predicted octanol–water partition coefficient (Wildman–Crippen LogP) is 1.76. The second-order valence-corrected chi connectivity index (χ2v) is 4.85. The van der Waals surface area contributed by atoms with Crippen molar-refractivity contribution < 1.29 is 13.7 Å². The summed E-state index contributed by atoms with van der Waals surface area (Å²) in [6.07, 6.45) is 0.650. The standard InChI is InChI=1S/C13H14FN3O2/c1-8-6-9(2-3-10(8)14)11-16-12(19-17-11)13(15)4-5-18-7-13/h2-3,6H,4-5,7,15H2,1H3. The Morgan fingerprint density at radius 3 is 2.95 bits per heavy atom. The van der Waals surface area contributed by atoms with Gasteiger partial charge in [0.15, 0.2) is 0 Å². The van der Waals surface area contributed by atoms with Gasteiger partial charge in [-0.3, -0.25) is 0 Å². The number of hydrogen-bond acceptors (Lipinski definition) is 5. The fourth-order valence-electron chi connectivity index (χ4n) is 2.08. The molecule has 1 aromatic carbocycles. The highest BCUT2D eigenvalue weighted by atomic mass is 19.1. The number of nitrogens with two attached hydrogens (primary N) is 1. The number of aryl methyl sites for hydroxylation is 1.